The third-order valence-corrected chi connectivity index (χ3v) is 6.74. The monoisotopic (exact) mass is 445 g/mol. The molecule has 0 bridgehead atoms. The van der Waals surface area contributed by atoms with E-state index in [1.54, 1.807) is 23.1 Å². The van der Waals surface area contributed by atoms with Crippen LogP contribution >= 0.6 is 23.2 Å². The summed E-state index contributed by atoms with van der Waals surface area (Å²) in [5.74, 6) is -0.153. The maximum Gasteiger partial charge on any atom is 0.253 e. The molecule has 158 valence electrons. The summed E-state index contributed by atoms with van der Waals surface area (Å²) >= 11 is 12.0. The summed E-state index contributed by atoms with van der Waals surface area (Å²) in [6.45, 7) is 3.17. The number of anilines is 1. The number of halogens is 2. The van der Waals surface area contributed by atoms with Crippen molar-refractivity contribution in [2.24, 2.45) is 5.92 Å². The summed E-state index contributed by atoms with van der Waals surface area (Å²) in [6, 6.07) is 13.1. The van der Waals surface area contributed by atoms with Crippen molar-refractivity contribution >= 4 is 40.7 Å². The van der Waals surface area contributed by atoms with E-state index >= 15 is 0 Å². The van der Waals surface area contributed by atoms with Gasteiger partial charge in [0.15, 0.2) is 0 Å². The molecular weight excluding hydrogens is 421 g/mol. The lowest BCUT2D eigenvalue weighted by Gasteiger charge is -2.35. The third-order valence-electron chi connectivity index (χ3n) is 6.01. The highest BCUT2D eigenvalue weighted by Crippen LogP contribution is 2.28. The first-order valence-corrected chi connectivity index (χ1v) is 11.0. The molecule has 2 heterocycles. The van der Waals surface area contributed by atoms with Crippen molar-refractivity contribution in [2.45, 2.75) is 19.4 Å². The number of likely N-dealkylation sites (N-methyl/N-ethyl adjacent to an activating group) is 1. The zero-order valence-corrected chi connectivity index (χ0v) is 18.5. The summed E-state index contributed by atoms with van der Waals surface area (Å²) in [7, 11) is 2.06. The van der Waals surface area contributed by atoms with Crippen molar-refractivity contribution in [1.29, 1.82) is 0 Å². The predicted octanol–water partition coefficient (Wildman–Crippen LogP) is 4.32. The van der Waals surface area contributed by atoms with E-state index in [0.717, 1.165) is 24.9 Å². The van der Waals surface area contributed by atoms with Crippen LogP contribution in [0.4, 0.5) is 5.69 Å². The van der Waals surface area contributed by atoms with Gasteiger partial charge >= 0.3 is 0 Å². The van der Waals surface area contributed by atoms with E-state index in [4.69, 9.17) is 23.2 Å². The average molecular weight is 446 g/mol. The van der Waals surface area contributed by atoms with Gasteiger partial charge in [0.05, 0.1) is 16.0 Å². The molecule has 1 saturated heterocycles. The van der Waals surface area contributed by atoms with Crippen molar-refractivity contribution in [1.82, 2.24) is 9.80 Å². The molecule has 1 unspecified atom stereocenters. The normalized spacial score (nSPS) is 19.3. The molecule has 0 N–H and O–H groups in total. The molecule has 2 aromatic carbocycles. The molecule has 0 saturated carbocycles. The van der Waals surface area contributed by atoms with Crippen LogP contribution in [0.25, 0.3) is 0 Å². The molecule has 0 radical (unpaired) electrons. The van der Waals surface area contributed by atoms with Crippen LogP contribution in [0.1, 0.15) is 28.8 Å². The molecule has 4 rings (SSSR count). The van der Waals surface area contributed by atoms with Gasteiger partial charge in [0, 0.05) is 51.0 Å². The average Bonchev–Trinajstić information content (AvgIpc) is 2.94. The Balaban J connectivity index is 1.47. The smallest absolute Gasteiger partial charge is 0.253 e. The molecule has 2 aliphatic rings. The van der Waals surface area contributed by atoms with E-state index in [1.165, 1.54) is 5.69 Å². The lowest BCUT2D eigenvalue weighted by molar-refractivity contribution is -0.137. The zero-order chi connectivity index (χ0) is 21.3. The molecule has 1 atom stereocenters. The molecule has 2 aliphatic heterocycles. The van der Waals surface area contributed by atoms with Gasteiger partial charge < -0.3 is 14.7 Å². The summed E-state index contributed by atoms with van der Waals surface area (Å²) in [4.78, 5) is 32.2. The molecule has 7 heteroatoms. The topological polar surface area (TPSA) is 43.9 Å². The van der Waals surface area contributed by atoms with E-state index in [0.29, 0.717) is 41.8 Å². The molecule has 1 fully saturated rings. The van der Waals surface area contributed by atoms with Crippen molar-refractivity contribution in [2.75, 3.05) is 38.1 Å². The minimum Gasteiger partial charge on any atom is -0.373 e. The predicted molar refractivity (Wildman–Crippen MR) is 120 cm³/mol. The SMILES string of the molecule is CN1CCN(C(=O)C2CCCN(C(=O)c3ccc(Cl)c(Cl)c3)C2)Cc2ccccc21. The number of carbonyl (C=O) groups excluding carboxylic acids is 2. The Hall–Kier alpha value is -2.24. The van der Waals surface area contributed by atoms with Crippen molar-refractivity contribution in [3.05, 3.63) is 63.6 Å². The molecule has 5 nitrogen and oxygen atoms in total. The fraction of sp³-hybridized carbons (Fsp3) is 0.391. The van der Waals surface area contributed by atoms with Crippen LogP contribution < -0.4 is 4.90 Å². The van der Waals surface area contributed by atoms with E-state index in [9.17, 15) is 9.59 Å². The van der Waals surface area contributed by atoms with E-state index in [2.05, 4.69) is 24.1 Å². The Bertz CT molecular complexity index is 965. The fourth-order valence-corrected chi connectivity index (χ4v) is 4.61. The van der Waals surface area contributed by atoms with Gasteiger partial charge in [-0.25, -0.2) is 0 Å². The van der Waals surface area contributed by atoms with Crippen LogP contribution in [0.5, 0.6) is 0 Å². The van der Waals surface area contributed by atoms with Gasteiger partial charge in [0.1, 0.15) is 0 Å². The van der Waals surface area contributed by atoms with Crippen LogP contribution in [0.3, 0.4) is 0 Å². The summed E-state index contributed by atoms with van der Waals surface area (Å²) in [6.07, 6.45) is 1.62. The van der Waals surface area contributed by atoms with Gasteiger partial charge in [-0.2, -0.15) is 0 Å². The fourth-order valence-electron chi connectivity index (χ4n) is 4.31. The zero-order valence-electron chi connectivity index (χ0n) is 17.0. The number of rotatable bonds is 2. The molecule has 0 aliphatic carbocycles. The van der Waals surface area contributed by atoms with Crippen LogP contribution in [0, 0.1) is 5.92 Å². The van der Waals surface area contributed by atoms with Gasteiger partial charge in [0.25, 0.3) is 5.91 Å². The standard InChI is InChI=1S/C23H25Cl2N3O2/c1-26-11-12-28(14-17-5-2-3-7-21(17)26)23(30)18-6-4-10-27(15-18)22(29)16-8-9-19(24)20(25)13-16/h2-3,5,7-9,13,18H,4,6,10-12,14-15H2,1H3. The lowest BCUT2D eigenvalue weighted by Crippen LogP contribution is -2.47. The third kappa shape index (κ3) is 4.28. The highest BCUT2D eigenvalue weighted by molar-refractivity contribution is 6.42. The van der Waals surface area contributed by atoms with Gasteiger partial charge in [-0.1, -0.05) is 41.4 Å². The molecule has 0 aromatic heterocycles. The number of likely N-dealkylation sites (tertiary alicyclic amines) is 1. The van der Waals surface area contributed by atoms with Crippen LogP contribution in [-0.4, -0.2) is 54.8 Å². The second-order valence-corrected chi connectivity index (χ2v) is 8.84. The Morgan fingerprint density at radius 2 is 1.77 bits per heavy atom. The Labute approximate surface area is 187 Å². The first-order valence-electron chi connectivity index (χ1n) is 10.3. The Morgan fingerprint density at radius 3 is 2.57 bits per heavy atom. The van der Waals surface area contributed by atoms with Crippen molar-refractivity contribution in [3.8, 4) is 0 Å². The summed E-state index contributed by atoms with van der Waals surface area (Å²) in [5.41, 5.74) is 2.83. The second kappa shape index (κ2) is 8.86. The number of hydrogen-bond donors (Lipinski definition) is 0. The van der Waals surface area contributed by atoms with Gasteiger partial charge in [-0.3, -0.25) is 9.59 Å². The van der Waals surface area contributed by atoms with Crippen LogP contribution in [0.2, 0.25) is 10.0 Å². The molecule has 30 heavy (non-hydrogen) atoms. The molecule has 0 spiro atoms. The Kier molecular flexibility index (Phi) is 6.21. The number of piperidine rings is 1. The Morgan fingerprint density at radius 1 is 0.967 bits per heavy atom. The second-order valence-electron chi connectivity index (χ2n) is 8.03. The van der Waals surface area contributed by atoms with Crippen LogP contribution in [0.15, 0.2) is 42.5 Å². The quantitative estimate of drug-likeness (QED) is 0.690. The number of para-hydroxylation sites is 1. The minimum atomic E-state index is -0.180. The number of hydrogen-bond acceptors (Lipinski definition) is 3. The number of amides is 2. The number of fused-ring (bicyclic) bond motifs is 1. The maximum atomic E-state index is 13.4. The van der Waals surface area contributed by atoms with E-state index < -0.39 is 0 Å². The highest BCUT2D eigenvalue weighted by atomic mass is 35.5. The number of nitrogens with zero attached hydrogens (tertiary/aromatic N) is 3. The lowest BCUT2D eigenvalue weighted by atomic mass is 9.95. The molecular formula is C23H25Cl2N3O2. The molecule has 2 aromatic rings. The van der Waals surface area contributed by atoms with Gasteiger partial charge in [0.2, 0.25) is 5.91 Å². The largest absolute Gasteiger partial charge is 0.373 e. The molecule has 2 amide bonds. The van der Waals surface area contributed by atoms with E-state index in [1.807, 2.05) is 17.0 Å². The number of benzene rings is 2. The maximum absolute atomic E-state index is 13.4. The first kappa shape index (κ1) is 21.0. The highest BCUT2D eigenvalue weighted by Gasteiger charge is 2.33. The van der Waals surface area contributed by atoms with Crippen molar-refractivity contribution in [3.63, 3.8) is 0 Å². The van der Waals surface area contributed by atoms with Gasteiger partial charge in [-0.05, 0) is 42.7 Å². The minimum absolute atomic E-state index is 0.105. The summed E-state index contributed by atoms with van der Waals surface area (Å²) in [5, 5.41) is 0.783. The first-order chi connectivity index (χ1) is 14.4. The van der Waals surface area contributed by atoms with Crippen LogP contribution in [-0.2, 0) is 11.3 Å². The van der Waals surface area contributed by atoms with E-state index in [-0.39, 0.29) is 17.7 Å². The van der Waals surface area contributed by atoms with Crippen molar-refractivity contribution < 1.29 is 9.59 Å². The summed E-state index contributed by atoms with van der Waals surface area (Å²) < 4.78 is 0. The number of carbonyl (C=O) groups is 2. The van der Waals surface area contributed by atoms with Gasteiger partial charge in [-0.15, -0.1) is 0 Å².